The third-order valence-electron chi connectivity index (χ3n) is 2.95. The maximum atomic E-state index is 11.9. The van der Waals surface area contributed by atoms with Crippen LogP contribution in [0.5, 0.6) is 5.75 Å². The predicted octanol–water partition coefficient (Wildman–Crippen LogP) is 3.71. The van der Waals surface area contributed by atoms with Crippen LogP contribution in [0.1, 0.15) is 26.5 Å². The molecule has 0 atom stereocenters. The lowest BCUT2D eigenvalue weighted by Gasteiger charge is -2.12. The summed E-state index contributed by atoms with van der Waals surface area (Å²) in [6.45, 7) is 6.11. The molecule has 0 bridgehead atoms. The summed E-state index contributed by atoms with van der Waals surface area (Å²) in [5, 5.41) is 6.68. The van der Waals surface area contributed by atoms with Crippen LogP contribution < -0.4 is 10.1 Å². The normalized spacial score (nSPS) is 11.3. The number of ether oxygens (including phenoxy) is 1. The molecule has 0 aliphatic carbocycles. The van der Waals surface area contributed by atoms with E-state index >= 15 is 0 Å². The van der Waals surface area contributed by atoms with Crippen molar-refractivity contribution in [2.24, 2.45) is 0 Å². The lowest BCUT2D eigenvalue weighted by Crippen LogP contribution is -2.14. The second-order valence-corrected chi connectivity index (χ2v) is 6.89. The zero-order valence-corrected chi connectivity index (χ0v) is 14.0. The Labute approximate surface area is 134 Å². The van der Waals surface area contributed by atoms with Crippen LogP contribution in [0.4, 0.5) is 5.88 Å². The molecule has 0 radical (unpaired) electrons. The predicted molar refractivity (Wildman–Crippen MR) is 87.6 cm³/mol. The number of carbonyl (C=O) groups excluding carboxylic acids is 1. The first-order valence-corrected chi connectivity index (χ1v) is 7.91. The molecule has 6 heteroatoms. The Balaban J connectivity index is 1.89. The largest absolute Gasteiger partial charge is 0.497 e. The molecule has 22 heavy (non-hydrogen) atoms. The van der Waals surface area contributed by atoms with Gasteiger partial charge in [-0.2, -0.15) is 0 Å². The molecule has 0 aliphatic heterocycles. The number of nitrogens with one attached hydrogen (secondary N) is 1. The maximum absolute atomic E-state index is 11.9. The fraction of sp³-hybridized carbons (Fsp3) is 0.375. The minimum atomic E-state index is -0.135. The van der Waals surface area contributed by atoms with Crippen molar-refractivity contribution in [2.45, 2.75) is 31.1 Å². The summed E-state index contributed by atoms with van der Waals surface area (Å²) in [5.41, 5.74) is 0.699. The molecular weight excluding hydrogens is 300 g/mol. The second kappa shape index (κ2) is 6.87. The highest BCUT2D eigenvalue weighted by atomic mass is 32.2. The summed E-state index contributed by atoms with van der Waals surface area (Å²) in [6.07, 6.45) is 0. The average molecular weight is 320 g/mol. The Kier molecular flexibility index (Phi) is 5.13. The molecule has 1 heterocycles. The van der Waals surface area contributed by atoms with E-state index in [9.17, 15) is 4.79 Å². The molecule has 0 fully saturated rings. The van der Waals surface area contributed by atoms with Crippen molar-refractivity contribution < 1.29 is 14.1 Å². The van der Waals surface area contributed by atoms with Crippen LogP contribution in [0, 0.1) is 0 Å². The van der Waals surface area contributed by atoms with E-state index in [0.717, 1.165) is 16.3 Å². The number of aromatic nitrogens is 1. The van der Waals surface area contributed by atoms with Crippen molar-refractivity contribution in [1.29, 1.82) is 0 Å². The monoisotopic (exact) mass is 320 g/mol. The van der Waals surface area contributed by atoms with Gasteiger partial charge in [0.15, 0.2) is 0 Å². The molecule has 0 aliphatic rings. The molecule has 1 amide bonds. The van der Waals surface area contributed by atoms with Gasteiger partial charge in [-0.1, -0.05) is 32.0 Å². The number of methoxy groups -OCH3 is 1. The van der Waals surface area contributed by atoms with E-state index in [1.54, 1.807) is 13.2 Å². The molecule has 1 N–H and O–H groups in total. The zero-order valence-electron chi connectivity index (χ0n) is 13.2. The third-order valence-corrected chi connectivity index (χ3v) is 3.95. The van der Waals surface area contributed by atoms with Crippen molar-refractivity contribution in [3.8, 4) is 5.75 Å². The molecule has 0 saturated heterocycles. The molecule has 0 saturated carbocycles. The van der Waals surface area contributed by atoms with Gasteiger partial charge >= 0.3 is 0 Å². The van der Waals surface area contributed by atoms with Crippen LogP contribution >= 0.6 is 11.8 Å². The molecule has 2 rings (SSSR count). The molecule has 5 nitrogen and oxygen atoms in total. The number of nitrogens with zero attached hydrogens (tertiary/aromatic N) is 1. The minimum Gasteiger partial charge on any atom is -0.497 e. The number of carbonyl (C=O) groups is 1. The first kappa shape index (κ1) is 16.4. The van der Waals surface area contributed by atoms with Crippen molar-refractivity contribution in [3.05, 3.63) is 36.0 Å². The van der Waals surface area contributed by atoms with Gasteiger partial charge in [0.05, 0.1) is 18.6 Å². The van der Waals surface area contributed by atoms with Crippen molar-refractivity contribution >= 4 is 23.6 Å². The maximum Gasteiger partial charge on any atom is 0.237 e. The topological polar surface area (TPSA) is 64.4 Å². The Morgan fingerprint density at radius 2 is 2.14 bits per heavy atom. The second-order valence-electron chi connectivity index (χ2n) is 5.84. The number of rotatable bonds is 5. The smallest absolute Gasteiger partial charge is 0.237 e. The molecule has 1 aromatic carbocycles. The molecule has 1 aromatic heterocycles. The molecule has 0 spiro atoms. The fourth-order valence-electron chi connectivity index (χ4n) is 1.70. The summed E-state index contributed by atoms with van der Waals surface area (Å²) < 4.78 is 10.3. The number of anilines is 1. The fourth-order valence-corrected chi connectivity index (χ4v) is 2.45. The number of thioether (sulfide) groups is 1. The van der Waals surface area contributed by atoms with E-state index in [-0.39, 0.29) is 11.3 Å². The molecule has 2 aromatic rings. The summed E-state index contributed by atoms with van der Waals surface area (Å²) >= 11 is 1.44. The van der Waals surface area contributed by atoms with Gasteiger partial charge in [0.1, 0.15) is 5.75 Å². The highest BCUT2D eigenvalue weighted by molar-refractivity contribution is 8.00. The first-order chi connectivity index (χ1) is 10.4. The Bertz CT molecular complexity index is 647. The van der Waals surface area contributed by atoms with E-state index in [0.29, 0.717) is 11.6 Å². The van der Waals surface area contributed by atoms with Crippen LogP contribution in [-0.2, 0) is 10.2 Å². The quantitative estimate of drug-likeness (QED) is 0.851. The van der Waals surface area contributed by atoms with Crippen molar-refractivity contribution in [1.82, 2.24) is 5.16 Å². The van der Waals surface area contributed by atoms with Gasteiger partial charge in [-0.15, -0.1) is 11.8 Å². The summed E-state index contributed by atoms with van der Waals surface area (Å²) in [4.78, 5) is 12.9. The Morgan fingerprint density at radius 3 is 2.77 bits per heavy atom. The highest BCUT2D eigenvalue weighted by Gasteiger charge is 2.19. The molecular formula is C16H20N2O3S. The molecule has 0 unspecified atom stereocenters. The Hall–Kier alpha value is -1.95. The van der Waals surface area contributed by atoms with Crippen LogP contribution in [-0.4, -0.2) is 23.9 Å². The minimum absolute atomic E-state index is 0.109. The Morgan fingerprint density at radius 1 is 1.36 bits per heavy atom. The molecule has 118 valence electrons. The number of hydrogen-bond acceptors (Lipinski definition) is 5. The number of hydrogen-bond donors (Lipinski definition) is 1. The van der Waals surface area contributed by atoms with Gasteiger partial charge < -0.3 is 9.26 Å². The van der Waals surface area contributed by atoms with Crippen LogP contribution in [0.3, 0.4) is 0 Å². The van der Waals surface area contributed by atoms with E-state index in [2.05, 4.69) is 10.5 Å². The first-order valence-electron chi connectivity index (χ1n) is 6.92. The van der Waals surface area contributed by atoms with Crippen molar-refractivity contribution in [2.75, 3.05) is 18.2 Å². The van der Waals surface area contributed by atoms with Gasteiger partial charge in [0.25, 0.3) is 0 Å². The van der Waals surface area contributed by atoms with E-state index in [1.807, 2.05) is 45.0 Å². The van der Waals surface area contributed by atoms with Crippen LogP contribution in [0.15, 0.2) is 39.8 Å². The lowest BCUT2D eigenvalue weighted by atomic mass is 9.92. The van der Waals surface area contributed by atoms with E-state index < -0.39 is 0 Å². The summed E-state index contributed by atoms with van der Waals surface area (Å²) in [5.74, 6) is 1.31. The van der Waals surface area contributed by atoms with Crippen LogP contribution in [0.25, 0.3) is 0 Å². The van der Waals surface area contributed by atoms with Crippen molar-refractivity contribution in [3.63, 3.8) is 0 Å². The van der Waals surface area contributed by atoms with Gasteiger partial charge in [-0.25, -0.2) is 0 Å². The van der Waals surface area contributed by atoms with Gasteiger partial charge in [-0.05, 0) is 18.2 Å². The number of amides is 1. The summed E-state index contributed by atoms with van der Waals surface area (Å²) in [7, 11) is 1.62. The average Bonchev–Trinajstić information content (AvgIpc) is 2.94. The zero-order chi connectivity index (χ0) is 16.2. The SMILES string of the molecule is COc1cccc(SCC(=O)Nc2cc(C(C)(C)C)no2)c1. The van der Waals surface area contributed by atoms with Gasteiger partial charge in [-0.3, -0.25) is 10.1 Å². The van der Waals surface area contributed by atoms with Gasteiger partial charge in [0.2, 0.25) is 11.8 Å². The number of benzene rings is 1. The van der Waals surface area contributed by atoms with E-state index in [4.69, 9.17) is 9.26 Å². The summed E-state index contributed by atoms with van der Waals surface area (Å²) in [6, 6.07) is 9.35. The van der Waals surface area contributed by atoms with Gasteiger partial charge in [0, 0.05) is 16.4 Å². The standard InChI is InChI=1S/C16H20N2O3S/c1-16(2,3)13-9-15(21-18-13)17-14(19)10-22-12-7-5-6-11(8-12)20-4/h5-9H,10H2,1-4H3,(H,17,19). The highest BCUT2D eigenvalue weighted by Crippen LogP contribution is 2.25. The van der Waals surface area contributed by atoms with Crippen LogP contribution in [0.2, 0.25) is 0 Å². The lowest BCUT2D eigenvalue weighted by molar-refractivity contribution is -0.113. The third kappa shape index (κ3) is 4.53. The van der Waals surface area contributed by atoms with E-state index in [1.165, 1.54) is 11.8 Å².